The summed E-state index contributed by atoms with van der Waals surface area (Å²) in [5.41, 5.74) is 0.573. The van der Waals surface area contributed by atoms with Crippen LogP contribution in [0.3, 0.4) is 0 Å². The van der Waals surface area contributed by atoms with E-state index in [1.165, 1.54) is 30.3 Å². The zero-order chi connectivity index (χ0) is 20.1. The third-order valence-corrected chi connectivity index (χ3v) is 5.40. The number of rotatable bonds is 5. The minimum absolute atomic E-state index is 0.158. The fraction of sp³-hybridized carbons (Fsp3) is 0.476. The summed E-state index contributed by atoms with van der Waals surface area (Å²) in [4.78, 5) is 41.1. The molecule has 1 aliphatic rings. The molecule has 3 rings (SSSR count). The second kappa shape index (κ2) is 9.01. The predicted octanol–water partition coefficient (Wildman–Crippen LogP) is 0.865. The lowest BCUT2D eigenvalue weighted by molar-refractivity contribution is 0.0749. The smallest absolute Gasteiger partial charge is 0.331 e. The van der Waals surface area contributed by atoms with Crippen molar-refractivity contribution in [3.63, 3.8) is 0 Å². The molecule has 0 bridgehead atoms. The monoisotopic (exact) mass is 384 g/mol. The van der Waals surface area contributed by atoms with E-state index in [1.54, 1.807) is 4.90 Å². The number of benzene rings is 1. The van der Waals surface area contributed by atoms with E-state index in [0.29, 0.717) is 13.1 Å². The molecular formula is C21H28N4O3. The molecule has 1 aromatic carbocycles. The number of amides is 1. The molecule has 28 heavy (non-hydrogen) atoms. The largest absolute Gasteiger partial charge is 0.336 e. The third-order valence-electron chi connectivity index (χ3n) is 5.40. The molecule has 0 unspecified atom stereocenters. The molecule has 0 aliphatic carbocycles. The molecule has 0 saturated carbocycles. The standard InChI is InChI=1S/C21H28N4O3/c1-22-18(16-19(26)23(2)21(22)28)20(27)25-13-7-12-24(14-15-25)11-6-10-17-8-4-3-5-9-17/h3-5,8-9,16H,6-7,10-15H2,1-2H3. The van der Waals surface area contributed by atoms with Crippen LogP contribution >= 0.6 is 0 Å². The van der Waals surface area contributed by atoms with Gasteiger partial charge in [-0.25, -0.2) is 4.79 Å². The predicted molar refractivity (Wildman–Crippen MR) is 109 cm³/mol. The summed E-state index contributed by atoms with van der Waals surface area (Å²) in [5.74, 6) is -0.247. The van der Waals surface area contributed by atoms with Crippen LogP contribution in [0.2, 0.25) is 0 Å². The van der Waals surface area contributed by atoms with E-state index in [4.69, 9.17) is 0 Å². The molecule has 0 N–H and O–H groups in total. The van der Waals surface area contributed by atoms with E-state index >= 15 is 0 Å². The zero-order valence-electron chi connectivity index (χ0n) is 16.6. The maximum Gasteiger partial charge on any atom is 0.331 e. The molecule has 1 aromatic heterocycles. The van der Waals surface area contributed by atoms with Gasteiger partial charge in [0.05, 0.1) is 0 Å². The number of nitrogens with zero attached hydrogens (tertiary/aromatic N) is 4. The number of hydrogen-bond acceptors (Lipinski definition) is 4. The van der Waals surface area contributed by atoms with E-state index in [0.717, 1.165) is 43.5 Å². The van der Waals surface area contributed by atoms with Gasteiger partial charge in [0, 0.05) is 39.8 Å². The highest BCUT2D eigenvalue weighted by Crippen LogP contribution is 2.09. The molecule has 1 saturated heterocycles. The van der Waals surface area contributed by atoms with Crippen LogP contribution in [0.5, 0.6) is 0 Å². The summed E-state index contributed by atoms with van der Waals surface area (Å²) in [6.45, 7) is 4.00. The molecule has 0 radical (unpaired) electrons. The Morgan fingerprint density at radius 3 is 2.46 bits per heavy atom. The second-order valence-electron chi connectivity index (χ2n) is 7.34. The van der Waals surface area contributed by atoms with Gasteiger partial charge in [-0.1, -0.05) is 30.3 Å². The van der Waals surface area contributed by atoms with Gasteiger partial charge in [0.15, 0.2) is 0 Å². The average molecular weight is 384 g/mol. The maximum absolute atomic E-state index is 12.9. The van der Waals surface area contributed by atoms with Crippen LogP contribution in [0.15, 0.2) is 46.0 Å². The van der Waals surface area contributed by atoms with Crippen LogP contribution in [0, 0.1) is 0 Å². The van der Waals surface area contributed by atoms with Crippen LogP contribution in [0.1, 0.15) is 28.9 Å². The van der Waals surface area contributed by atoms with Gasteiger partial charge in [-0.2, -0.15) is 0 Å². The second-order valence-corrected chi connectivity index (χ2v) is 7.34. The SMILES string of the molecule is Cn1c(C(=O)N2CCCN(CCCc3ccccc3)CC2)cc(=O)n(C)c1=O. The number of aryl methyl sites for hydroxylation is 1. The summed E-state index contributed by atoms with van der Waals surface area (Å²) < 4.78 is 2.26. The zero-order valence-corrected chi connectivity index (χ0v) is 16.6. The van der Waals surface area contributed by atoms with E-state index in [-0.39, 0.29) is 11.6 Å². The lowest BCUT2D eigenvalue weighted by Crippen LogP contribution is -2.43. The highest BCUT2D eigenvalue weighted by atomic mass is 16.2. The molecule has 0 atom stereocenters. The quantitative estimate of drug-likeness (QED) is 0.767. The van der Waals surface area contributed by atoms with Crippen LogP contribution < -0.4 is 11.2 Å². The molecule has 0 spiro atoms. The highest BCUT2D eigenvalue weighted by molar-refractivity contribution is 5.92. The average Bonchev–Trinajstić information content (AvgIpc) is 2.95. The Morgan fingerprint density at radius 2 is 1.71 bits per heavy atom. The van der Waals surface area contributed by atoms with Gasteiger partial charge < -0.3 is 9.80 Å². The van der Waals surface area contributed by atoms with Crippen molar-refractivity contribution in [3.8, 4) is 0 Å². The molecule has 1 aliphatic heterocycles. The third kappa shape index (κ3) is 4.59. The minimum Gasteiger partial charge on any atom is -0.336 e. The van der Waals surface area contributed by atoms with Gasteiger partial charge in [0.25, 0.3) is 11.5 Å². The van der Waals surface area contributed by atoms with Gasteiger partial charge in [0.1, 0.15) is 5.69 Å². The lowest BCUT2D eigenvalue weighted by atomic mass is 10.1. The minimum atomic E-state index is -0.479. The molecule has 1 amide bonds. The topological polar surface area (TPSA) is 67.6 Å². The van der Waals surface area contributed by atoms with Crippen LogP contribution in [-0.2, 0) is 20.5 Å². The van der Waals surface area contributed by atoms with Gasteiger partial charge >= 0.3 is 5.69 Å². The van der Waals surface area contributed by atoms with Gasteiger partial charge in [-0.3, -0.25) is 18.7 Å². The highest BCUT2D eigenvalue weighted by Gasteiger charge is 2.23. The number of carbonyl (C=O) groups excluding carboxylic acids is 1. The summed E-state index contributed by atoms with van der Waals surface area (Å²) in [6.07, 6.45) is 3.02. The van der Waals surface area contributed by atoms with Crippen molar-refractivity contribution in [2.75, 3.05) is 32.7 Å². The maximum atomic E-state index is 12.9. The van der Waals surface area contributed by atoms with Crippen molar-refractivity contribution in [2.24, 2.45) is 14.1 Å². The Labute approximate surface area is 164 Å². The van der Waals surface area contributed by atoms with Crippen LogP contribution in [0.4, 0.5) is 0 Å². The molecule has 7 heteroatoms. The van der Waals surface area contributed by atoms with Gasteiger partial charge in [-0.05, 0) is 37.9 Å². The normalized spacial score (nSPS) is 15.4. The Hall–Kier alpha value is -2.67. The summed E-state index contributed by atoms with van der Waals surface area (Å²) in [5, 5.41) is 0. The first-order valence-corrected chi connectivity index (χ1v) is 9.80. The Morgan fingerprint density at radius 1 is 0.964 bits per heavy atom. The Kier molecular flexibility index (Phi) is 6.46. The van der Waals surface area contributed by atoms with Crippen molar-refractivity contribution in [1.29, 1.82) is 0 Å². The molecule has 150 valence electrons. The van der Waals surface area contributed by atoms with Crippen molar-refractivity contribution in [2.45, 2.75) is 19.3 Å². The number of hydrogen-bond donors (Lipinski definition) is 0. The fourth-order valence-electron chi connectivity index (χ4n) is 3.65. The first-order chi connectivity index (χ1) is 13.5. The van der Waals surface area contributed by atoms with E-state index in [2.05, 4.69) is 29.2 Å². The molecule has 7 nitrogen and oxygen atoms in total. The molecular weight excluding hydrogens is 356 g/mol. The van der Waals surface area contributed by atoms with E-state index in [9.17, 15) is 14.4 Å². The van der Waals surface area contributed by atoms with E-state index < -0.39 is 11.2 Å². The first-order valence-electron chi connectivity index (χ1n) is 9.80. The lowest BCUT2D eigenvalue weighted by Gasteiger charge is -2.22. The summed E-state index contributed by atoms with van der Waals surface area (Å²) in [7, 11) is 2.95. The molecule has 2 heterocycles. The van der Waals surface area contributed by atoms with Crippen LogP contribution in [-0.4, -0.2) is 57.6 Å². The Bertz CT molecular complexity index is 933. The molecule has 1 fully saturated rings. The number of carbonyl (C=O) groups is 1. The van der Waals surface area contributed by atoms with Gasteiger partial charge in [0.2, 0.25) is 0 Å². The summed E-state index contributed by atoms with van der Waals surface area (Å²) in [6, 6.07) is 11.7. The van der Waals surface area contributed by atoms with Gasteiger partial charge in [-0.15, -0.1) is 0 Å². The van der Waals surface area contributed by atoms with Crippen molar-refractivity contribution in [3.05, 3.63) is 68.5 Å². The van der Waals surface area contributed by atoms with Crippen molar-refractivity contribution in [1.82, 2.24) is 18.9 Å². The van der Waals surface area contributed by atoms with Crippen molar-refractivity contribution < 1.29 is 4.79 Å². The van der Waals surface area contributed by atoms with Crippen LogP contribution in [0.25, 0.3) is 0 Å². The summed E-state index contributed by atoms with van der Waals surface area (Å²) >= 11 is 0. The first kappa shape index (κ1) is 20.1. The fourth-order valence-corrected chi connectivity index (χ4v) is 3.65. The molecule has 2 aromatic rings. The van der Waals surface area contributed by atoms with Crippen molar-refractivity contribution >= 4 is 5.91 Å². The van der Waals surface area contributed by atoms with E-state index in [1.807, 2.05) is 6.07 Å². The Balaban J connectivity index is 1.58. The number of aromatic nitrogens is 2.